The van der Waals surface area contributed by atoms with E-state index in [9.17, 15) is 13.2 Å². The van der Waals surface area contributed by atoms with Gasteiger partial charge in [-0.25, -0.2) is 4.98 Å². The van der Waals surface area contributed by atoms with Crippen LogP contribution in [0.4, 0.5) is 24.5 Å². The van der Waals surface area contributed by atoms with Crippen molar-refractivity contribution in [3.8, 4) is 0 Å². The van der Waals surface area contributed by atoms with E-state index in [1.54, 1.807) is 18.0 Å². The fraction of sp³-hybridized carbons (Fsp3) is 0.400. The Kier molecular flexibility index (Phi) is 9.49. The highest BCUT2D eigenvalue weighted by Crippen LogP contribution is 2.34. The van der Waals surface area contributed by atoms with Crippen molar-refractivity contribution in [1.82, 2.24) is 19.9 Å². The van der Waals surface area contributed by atoms with Crippen LogP contribution in [-0.2, 0) is 19.3 Å². The number of aromatic nitrogens is 3. The second-order valence-corrected chi connectivity index (χ2v) is 11.2. The van der Waals surface area contributed by atoms with E-state index in [-0.39, 0.29) is 0 Å². The number of benzene rings is 2. The summed E-state index contributed by atoms with van der Waals surface area (Å²) in [6.45, 7) is 5.79. The summed E-state index contributed by atoms with van der Waals surface area (Å²) >= 11 is 1.68. The number of fused-ring (bicyclic) bond motifs is 1. The molecule has 0 amide bonds. The topological polar surface area (TPSA) is 58.0 Å². The Balaban J connectivity index is 0.981. The van der Waals surface area contributed by atoms with Crippen molar-refractivity contribution in [2.45, 2.75) is 49.8 Å². The lowest BCUT2D eigenvalue weighted by Crippen LogP contribution is -2.43. The number of unbranched alkanes of at least 4 members (excludes halogenated alkanes) is 3. The highest BCUT2D eigenvalue weighted by Gasteiger charge is 2.30. The van der Waals surface area contributed by atoms with E-state index in [1.807, 2.05) is 12.4 Å². The van der Waals surface area contributed by atoms with Crippen LogP contribution in [-0.4, -0.2) is 46.5 Å². The summed E-state index contributed by atoms with van der Waals surface area (Å²) in [5.74, 6) is 0.928. The van der Waals surface area contributed by atoms with Gasteiger partial charge >= 0.3 is 6.18 Å². The zero-order valence-electron chi connectivity index (χ0n) is 22.5. The number of hydrogen-bond acceptors (Lipinski definition) is 6. The van der Waals surface area contributed by atoms with Gasteiger partial charge in [-0.2, -0.15) is 13.2 Å². The van der Waals surface area contributed by atoms with Crippen LogP contribution >= 0.6 is 11.8 Å². The van der Waals surface area contributed by atoms with Gasteiger partial charge in [0.1, 0.15) is 0 Å². The number of piperazine rings is 1. The predicted octanol–water partition coefficient (Wildman–Crippen LogP) is 6.82. The van der Waals surface area contributed by atoms with Crippen LogP contribution in [0, 0.1) is 0 Å². The molecule has 1 saturated heterocycles. The lowest BCUT2D eigenvalue weighted by Gasteiger charge is -2.29. The maximum absolute atomic E-state index is 13.0. The fourth-order valence-electron chi connectivity index (χ4n) is 4.88. The summed E-state index contributed by atoms with van der Waals surface area (Å²) in [5, 5.41) is 7.63. The fourth-order valence-corrected chi connectivity index (χ4v) is 5.94. The van der Waals surface area contributed by atoms with Crippen molar-refractivity contribution in [2.75, 3.05) is 42.1 Å². The van der Waals surface area contributed by atoms with Crippen LogP contribution in [0.15, 0.2) is 72.1 Å². The molecular formula is C30H35F3N6S. The van der Waals surface area contributed by atoms with Crippen LogP contribution in [0.2, 0.25) is 0 Å². The molecule has 1 fully saturated rings. The van der Waals surface area contributed by atoms with Crippen molar-refractivity contribution in [2.24, 2.45) is 0 Å². The number of nitrogens with zero attached hydrogens (tertiary/aromatic N) is 4. The molecule has 0 aliphatic carbocycles. The molecule has 1 aliphatic heterocycles. The molecule has 1 aliphatic rings. The van der Waals surface area contributed by atoms with E-state index in [0.717, 1.165) is 98.0 Å². The van der Waals surface area contributed by atoms with Crippen molar-refractivity contribution >= 4 is 34.0 Å². The summed E-state index contributed by atoms with van der Waals surface area (Å²) in [7, 11) is 0. The summed E-state index contributed by atoms with van der Waals surface area (Å²) in [6.07, 6.45) is 5.62. The van der Waals surface area contributed by atoms with Gasteiger partial charge in [0.2, 0.25) is 0 Å². The average molecular weight is 569 g/mol. The van der Waals surface area contributed by atoms with Gasteiger partial charge in [0.15, 0.2) is 0 Å². The number of nitrogens with one attached hydrogen (secondary N) is 2. The van der Waals surface area contributed by atoms with Gasteiger partial charge in [-0.05, 0) is 61.1 Å². The molecule has 0 radical (unpaired) electrons. The molecule has 2 N–H and O–H groups in total. The molecule has 0 saturated carbocycles. The zero-order valence-corrected chi connectivity index (χ0v) is 23.3. The molecule has 0 spiro atoms. The van der Waals surface area contributed by atoms with Crippen LogP contribution in [0.5, 0.6) is 0 Å². The first-order valence-corrected chi connectivity index (χ1v) is 14.8. The Hall–Kier alpha value is -3.24. The maximum atomic E-state index is 13.0. The molecule has 0 unspecified atom stereocenters. The first-order valence-electron chi connectivity index (χ1n) is 13.8. The number of rotatable bonds is 12. The summed E-state index contributed by atoms with van der Waals surface area (Å²) in [5.41, 5.74) is 3.11. The second kappa shape index (κ2) is 13.4. The van der Waals surface area contributed by atoms with Gasteiger partial charge < -0.3 is 20.1 Å². The third-order valence-corrected chi connectivity index (χ3v) is 8.27. The second-order valence-electron chi connectivity index (χ2n) is 10.0. The maximum Gasteiger partial charge on any atom is 0.416 e. The molecule has 212 valence electrons. The minimum absolute atomic E-state index is 0.387. The first kappa shape index (κ1) is 28.3. The number of hydrogen-bond donors (Lipinski definition) is 2. The Bertz CT molecular complexity index is 1370. The molecule has 4 aromatic rings. The van der Waals surface area contributed by atoms with E-state index in [1.165, 1.54) is 11.8 Å². The number of halogens is 3. The van der Waals surface area contributed by atoms with Gasteiger partial charge in [-0.1, -0.05) is 18.9 Å². The quantitative estimate of drug-likeness (QED) is 0.144. The smallest absolute Gasteiger partial charge is 0.379 e. The van der Waals surface area contributed by atoms with E-state index >= 15 is 0 Å². The largest absolute Gasteiger partial charge is 0.416 e. The summed E-state index contributed by atoms with van der Waals surface area (Å²) in [4.78, 5) is 12.1. The Morgan fingerprint density at radius 2 is 1.73 bits per heavy atom. The standard InChI is InChI=1S/C30H35F3N6S/c31-30(32,33)23-5-10-27-28(19-23)35-12-11-29(27)40-18-4-2-1-3-15-38-21-25(37-22-38)20-36-24-6-8-26(9-7-24)39-16-13-34-14-17-39/h5-12,19,21-22,34,36H,1-4,13-18,20H2. The number of anilines is 2. The normalized spacial score (nSPS) is 14.1. The van der Waals surface area contributed by atoms with Crippen LogP contribution in [0.3, 0.4) is 0 Å². The SMILES string of the molecule is FC(F)(F)c1ccc2c(SCCCCCCn3cnc(CNc4ccc(N5CCNCC5)cc4)c3)ccnc2c1. The molecule has 10 heteroatoms. The van der Waals surface area contributed by atoms with Gasteiger partial charge in [-0.3, -0.25) is 4.98 Å². The molecule has 3 heterocycles. The number of pyridine rings is 1. The van der Waals surface area contributed by atoms with Crippen LogP contribution in [0.25, 0.3) is 10.9 Å². The number of aryl methyl sites for hydroxylation is 1. The minimum atomic E-state index is -4.36. The van der Waals surface area contributed by atoms with E-state index in [0.29, 0.717) is 12.1 Å². The third-order valence-electron chi connectivity index (χ3n) is 7.11. The van der Waals surface area contributed by atoms with E-state index in [2.05, 4.69) is 60.5 Å². The predicted molar refractivity (Wildman–Crippen MR) is 157 cm³/mol. The van der Waals surface area contributed by atoms with Crippen LogP contribution < -0.4 is 15.5 Å². The zero-order chi connectivity index (χ0) is 27.8. The Morgan fingerprint density at radius 1 is 0.925 bits per heavy atom. The number of thioether (sulfide) groups is 1. The van der Waals surface area contributed by atoms with Gasteiger partial charge in [-0.15, -0.1) is 11.8 Å². The minimum Gasteiger partial charge on any atom is -0.379 e. The molecule has 2 aromatic heterocycles. The monoisotopic (exact) mass is 568 g/mol. The number of alkyl halides is 3. The molecule has 40 heavy (non-hydrogen) atoms. The van der Waals surface area contributed by atoms with Crippen molar-refractivity contribution in [3.05, 3.63) is 78.5 Å². The van der Waals surface area contributed by atoms with Crippen molar-refractivity contribution in [3.63, 3.8) is 0 Å². The molecule has 2 aromatic carbocycles. The molecule has 0 bridgehead atoms. The molecule has 0 atom stereocenters. The van der Waals surface area contributed by atoms with Crippen LogP contribution in [0.1, 0.15) is 36.9 Å². The summed E-state index contributed by atoms with van der Waals surface area (Å²) < 4.78 is 41.1. The summed E-state index contributed by atoms with van der Waals surface area (Å²) in [6, 6.07) is 14.3. The Labute approximate surface area is 237 Å². The lowest BCUT2D eigenvalue weighted by molar-refractivity contribution is -0.137. The van der Waals surface area contributed by atoms with E-state index < -0.39 is 11.7 Å². The van der Waals surface area contributed by atoms with Gasteiger partial charge in [0.25, 0.3) is 0 Å². The first-order chi connectivity index (χ1) is 19.5. The van der Waals surface area contributed by atoms with E-state index in [4.69, 9.17) is 0 Å². The highest BCUT2D eigenvalue weighted by molar-refractivity contribution is 7.99. The number of imidazole rings is 1. The van der Waals surface area contributed by atoms with Gasteiger partial charge in [0, 0.05) is 66.8 Å². The van der Waals surface area contributed by atoms with Crippen molar-refractivity contribution in [1.29, 1.82) is 0 Å². The third kappa shape index (κ3) is 7.69. The van der Waals surface area contributed by atoms with Gasteiger partial charge in [0.05, 0.1) is 29.6 Å². The molecular weight excluding hydrogens is 533 g/mol. The Morgan fingerprint density at radius 3 is 2.52 bits per heavy atom. The highest BCUT2D eigenvalue weighted by atomic mass is 32.2. The average Bonchev–Trinajstić information content (AvgIpc) is 3.43. The van der Waals surface area contributed by atoms with Crippen molar-refractivity contribution < 1.29 is 13.2 Å². The lowest BCUT2D eigenvalue weighted by atomic mass is 10.1. The molecule has 6 nitrogen and oxygen atoms in total. The molecule has 5 rings (SSSR count).